The van der Waals surface area contributed by atoms with Crippen molar-refractivity contribution < 1.29 is 15.1 Å². The van der Waals surface area contributed by atoms with E-state index in [-0.39, 0.29) is 18.7 Å². The zero-order valence-electron chi connectivity index (χ0n) is 13.7. The lowest BCUT2D eigenvalue weighted by atomic mass is 10.1. The molecule has 1 aliphatic heterocycles. The van der Waals surface area contributed by atoms with E-state index in [4.69, 9.17) is 5.21 Å². The smallest absolute Gasteiger partial charge is 0.267 e. The van der Waals surface area contributed by atoms with Gasteiger partial charge >= 0.3 is 0 Å². The van der Waals surface area contributed by atoms with Crippen LogP contribution in [0.3, 0.4) is 0 Å². The van der Waals surface area contributed by atoms with Gasteiger partial charge in [-0.25, -0.2) is 10.2 Å². The third kappa shape index (κ3) is 4.30. The summed E-state index contributed by atoms with van der Waals surface area (Å²) in [7, 11) is 0. The lowest BCUT2D eigenvalue weighted by Gasteiger charge is -2.22. The van der Waals surface area contributed by atoms with Crippen LogP contribution in [0.1, 0.15) is 23.7 Å². The molecule has 1 fully saturated rings. The molecule has 132 valence electrons. The van der Waals surface area contributed by atoms with Crippen LogP contribution in [-0.2, 0) is 11.3 Å². The Labute approximate surface area is 145 Å². The molecule has 0 bridgehead atoms. The Kier molecular flexibility index (Phi) is 5.54. The van der Waals surface area contributed by atoms with Crippen molar-refractivity contribution in [1.82, 2.24) is 25.4 Å². The van der Waals surface area contributed by atoms with E-state index in [0.29, 0.717) is 5.69 Å². The normalized spacial score (nSPS) is 21.0. The van der Waals surface area contributed by atoms with Gasteiger partial charge in [-0.3, -0.25) is 14.9 Å². The molecule has 1 aromatic carbocycles. The predicted molar refractivity (Wildman–Crippen MR) is 90.4 cm³/mol. The molecule has 1 amide bonds. The Morgan fingerprint density at radius 1 is 1.36 bits per heavy atom. The van der Waals surface area contributed by atoms with E-state index in [9.17, 15) is 9.90 Å². The third-order valence-corrected chi connectivity index (χ3v) is 4.36. The quantitative estimate of drug-likeness (QED) is 0.403. The maximum atomic E-state index is 11.0. The zero-order valence-corrected chi connectivity index (χ0v) is 13.7. The molecule has 8 nitrogen and oxygen atoms in total. The molecular formula is C17H21N5O3. The van der Waals surface area contributed by atoms with Gasteiger partial charge in [0.1, 0.15) is 5.69 Å². The second kappa shape index (κ2) is 8.02. The first-order valence-corrected chi connectivity index (χ1v) is 8.12. The van der Waals surface area contributed by atoms with Gasteiger partial charge in [-0.2, -0.15) is 0 Å². The number of carbonyl (C=O) groups excluding carboxylic acids is 1. The highest BCUT2D eigenvalue weighted by Gasteiger charge is 2.33. The summed E-state index contributed by atoms with van der Waals surface area (Å²) in [6.45, 7) is 1.64. The fraction of sp³-hybridized carbons (Fsp3) is 0.353. The highest BCUT2D eigenvalue weighted by Crippen LogP contribution is 2.28. The Hall–Kier alpha value is -2.55. The van der Waals surface area contributed by atoms with Crippen LogP contribution >= 0.6 is 0 Å². The summed E-state index contributed by atoms with van der Waals surface area (Å²) < 4.78 is 1.77. The number of aliphatic hydroxyl groups excluding tert-OH is 1. The summed E-state index contributed by atoms with van der Waals surface area (Å²) in [6.07, 6.45) is 5.20. The summed E-state index contributed by atoms with van der Waals surface area (Å²) in [5.74, 6) is -0.621. The molecule has 3 N–H and O–H groups in total. The zero-order chi connectivity index (χ0) is 17.6. The van der Waals surface area contributed by atoms with Gasteiger partial charge in [0.05, 0.1) is 18.8 Å². The van der Waals surface area contributed by atoms with Crippen LogP contribution < -0.4 is 5.48 Å². The van der Waals surface area contributed by atoms with E-state index in [2.05, 4.69) is 27.3 Å². The Morgan fingerprint density at radius 3 is 2.88 bits per heavy atom. The Balaban J connectivity index is 1.66. The van der Waals surface area contributed by atoms with Crippen molar-refractivity contribution in [2.24, 2.45) is 0 Å². The number of amides is 1. The van der Waals surface area contributed by atoms with Gasteiger partial charge in [0, 0.05) is 25.2 Å². The van der Waals surface area contributed by atoms with Crippen molar-refractivity contribution in [3.8, 4) is 0 Å². The molecule has 0 spiro atoms. The average Bonchev–Trinajstić information content (AvgIpc) is 3.27. The first-order chi connectivity index (χ1) is 12.2. The van der Waals surface area contributed by atoms with Crippen LogP contribution in [0.2, 0.25) is 0 Å². The average molecular weight is 343 g/mol. The molecular weight excluding hydrogens is 322 g/mol. The first kappa shape index (κ1) is 17.3. The largest absolute Gasteiger partial charge is 0.395 e. The van der Waals surface area contributed by atoms with Crippen LogP contribution in [0.5, 0.6) is 0 Å². The monoisotopic (exact) mass is 343 g/mol. The molecule has 25 heavy (non-hydrogen) atoms. The summed E-state index contributed by atoms with van der Waals surface area (Å²) in [5.41, 5.74) is 3.26. The number of benzene rings is 1. The van der Waals surface area contributed by atoms with Gasteiger partial charge in [0.25, 0.3) is 5.91 Å². The number of likely N-dealkylation sites (tertiary alicyclic amines) is 1. The number of aromatic nitrogens is 3. The van der Waals surface area contributed by atoms with Gasteiger partial charge in [0.2, 0.25) is 0 Å². The number of hydroxylamine groups is 1. The topological polar surface area (TPSA) is 104 Å². The Morgan fingerprint density at radius 2 is 2.16 bits per heavy atom. The first-order valence-electron chi connectivity index (χ1n) is 8.12. The third-order valence-electron chi connectivity index (χ3n) is 4.36. The fourth-order valence-corrected chi connectivity index (χ4v) is 3.09. The number of aliphatic hydroxyl groups is 1. The second-order valence-electron chi connectivity index (χ2n) is 6.07. The highest BCUT2D eigenvalue weighted by molar-refractivity contribution is 5.90. The minimum atomic E-state index is -0.621. The van der Waals surface area contributed by atoms with E-state index in [1.165, 1.54) is 23.2 Å². The summed E-state index contributed by atoms with van der Waals surface area (Å²) in [4.78, 5) is 13.3. The molecule has 2 atom stereocenters. The van der Waals surface area contributed by atoms with Gasteiger partial charge in [-0.05, 0) is 18.1 Å². The summed E-state index contributed by atoms with van der Waals surface area (Å²) in [6, 6.07) is 10.3. The predicted octanol–water partition coefficient (Wildman–Crippen LogP) is 0.605. The van der Waals surface area contributed by atoms with Crippen molar-refractivity contribution >= 4 is 12.0 Å². The molecule has 0 unspecified atom stereocenters. The number of rotatable bonds is 6. The molecule has 0 aliphatic carbocycles. The molecule has 0 radical (unpaired) electrons. The standard InChI is InChI=1S/C17H21N5O3/c23-12-16-8-15(11-21(16)9-13-4-2-1-3-5-13)22-10-14(18-20-22)6-7-17(24)19-25/h1-7,10,15-16,23,25H,8-9,11-12H2,(H,19,24)/b7-6+/t15-,16+/m1/s1. The highest BCUT2D eigenvalue weighted by atomic mass is 16.5. The van der Waals surface area contributed by atoms with Crippen LogP contribution in [-0.4, -0.2) is 55.3 Å². The van der Waals surface area contributed by atoms with E-state index >= 15 is 0 Å². The summed E-state index contributed by atoms with van der Waals surface area (Å²) in [5, 5.41) is 26.3. The van der Waals surface area contributed by atoms with Crippen LogP contribution in [0, 0.1) is 0 Å². The molecule has 1 aromatic heterocycles. The van der Waals surface area contributed by atoms with Crippen molar-refractivity contribution in [3.05, 3.63) is 53.9 Å². The lowest BCUT2D eigenvalue weighted by Crippen LogP contribution is -2.31. The van der Waals surface area contributed by atoms with Crippen molar-refractivity contribution in [2.45, 2.75) is 25.0 Å². The lowest BCUT2D eigenvalue weighted by molar-refractivity contribution is -0.124. The van der Waals surface area contributed by atoms with Crippen LogP contribution in [0.15, 0.2) is 42.6 Å². The summed E-state index contributed by atoms with van der Waals surface area (Å²) >= 11 is 0. The molecule has 2 heterocycles. The Bertz CT molecular complexity index is 731. The number of hydrogen-bond donors (Lipinski definition) is 3. The molecule has 1 aliphatic rings. The van der Waals surface area contributed by atoms with Crippen LogP contribution in [0.25, 0.3) is 6.08 Å². The molecule has 8 heteroatoms. The van der Waals surface area contributed by atoms with Crippen molar-refractivity contribution in [2.75, 3.05) is 13.2 Å². The molecule has 2 aromatic rings. The van der Waals surface area contributed by atoms with E-state index in [1.54, 1.807) is 10.9 Å². The van der Waals surface area contributed by atoms with E-state index < -0.39 is 5.91 Å². The van der Waals surface area contributed by atoms with E-state index in [1.807, 2.05) is 18.2 Å². The van der Waals surface area contributed by atoms with Crippen molar-refractivity contribution in [1.29, 1.82) is 0 Å². The molecule has 0 saturated carbocycles. The SMILES string of the molecule is O=C(/C=C/c1cn([C@@H]2C[C@@H](CO)N(Cc3ccccc3)C2)nn1)NO. The minimum Gasteiger partial charge on any atom is -0.395 e. The van der Waals surface area contributed by atoms with Gasteiger partial charge in [0.15, 0.2) is 0 Å². The number of nitrogens with one attached hydrogen (secondary N) is 1. The number of hydrogen-bond acceptors (Lipinski definition) is 6. The maximum Gasteiger partial charge on any atom is 0.267 e. The van der Waals surface area contributed by atoms with Gasteiger partial charge in [-0.15, -0.1) is 5.10 Å². The molecule has 3 rings (SSSR count). The van der Waals surface area contributed by atoms with E-state index in [0.717, 1.165) is 19.5 Å². The van der Waals surface area contributed by atoms with Crippen LogP contribution in [0.4, 0.5) is 0 Å². The van der Waals surface area contributed by atoms with Crippen molar-refractivity contribution in [3.63, 3.8) is 0 Å². The fourth-order valence-electron chi connectivity index (χ4n) is 3.09. The minimum absolute atomic E-state index is 0.0774. The number of nitrogens with zero attached hydrogens (tertiary/aromatic N) is 4. The number of carbonyl (C=O) groups is 1. The van der Waals surface area contributed by atoms with Gasteiger partial charge in [-0.1, -0.05) is 35.5 Å². The molecule has 1 saturated heterocycles. The maximum absolute atomic E-state index is 11.0. The second-order valence-corrected chi connectivity index (χ2v) is 6.07. The van der Waals surface area contributed by atoms with Gasteiger partial charge < -0.3 is 5.11 Å².